The Morgan fingerprint density at radius 2 is 2.15 bits per heavy atom. The molecule has 9 heteroatoms. The van der Waals surface area contributed by atoms with Crippen LogP contribution in [0.5, 0.6) is 0 Å². The molecule has 1 aliphatic rings. The summed E-state index contributed by atoms with van der Waals surface area (Å²) >= 11 is 1.18. The number of aromatic nitrogens is 2. The van der Waals surface area contributed by atoms with Gasteiger partial charge in [-0.3, -0.25) is 14.5 Å². The molecule has 1 aromatic carbocycles. The molecule has 138 valence electrons. The van der Waals surface area contributed by atoms with Crippen molar-refractivity contribution in [1.82, 2.24) is 15.1 Å². The Morgan fingerprint density at radius 3 is 2.88 bits per heavy atom. The molecule has 26 heavy (non-hydrogen) atoms. The van der Waals surface area contributed by atoms with Crippen LogP contribution in [0.2, 0.25) is 0 Å². The van der Waals surface area contributed by atoms with Gasteiger partial charge in [0.2, 0.25) is 17.7 Å². The molecule has 0 saturated heterocycles. The zero-order valence-corrected chi connectivity index (χ0v) is 15.7. The highest BCUT2D eigenvalue weighted by molar-refractivity contribution is 7.99. The van der Waals surface area contributed by atoms with Gasteiger partial charge in [0, 0.05) is 0 Å². The van der Waals surface area contributed by atoms with E-state index in [1.165, 1.54) is 16.7 Å². The summed E-state index contributed by atoms with van der Waals surface area (Å²) in [5.74, 6) is 0.257. The first-order valence-corrected chi connectivity index (χ1v) is 9.30. The van der Waals surface area contributed by atoms with Gasteiger partial charge in [-0.1, -0.05) is 30.8 Å². The Hall–Kier alpha value is -2.39. The van der Waals surface area contributed by atoms with Crippen molar-refractivity contribution in [2.24, 2.45) is 0 Å². The van der Waals surface area contributed by atoms with Gasteiger partial charge >= 0.3 is 0 Å². The van der Waals surface area contributed by atoms with Gasteiger partial charge in [0.1, 0.15) is 6.54 Å². The average Bonchev–Trinajstić information content (AvgIpc) is 3.07. The van der Waals surface area contributed by atoms with Crippen molar-refractivity contribution in [3.05, 3.63) is 30.2 Å². The minimum atomic E-state index is -0.209. The van der Waals surface area contributed by atoms with Crippen LogP contribution in [0.4, 0.5) is 11.4 Å². The lowest BCUT2D eigenvalue weighted by atomic mass is 10.2. The maximum atomic E-state index is 12.6. The van der Waals surface area contributed by atoms with Crippen LogP contribution in [0, 0.1) is 0 Å². The quantitative estimate of drug-likeness (QED) is 0.774. The van der Waals surface area contributed by atoms with Crippen molar-refractivity contribution in [1.29, 1.82) is 0 Å². The fraction of sp³-hybridized carbons (Fsp3) is 0.412. The van der Waals surface area contributed by atoms with E-state index in [1.54, 1.807) is 6.07 Å². The molecule has 2 amide bonds. The number of carbonyl (C=O) groups is 2. The van der Waals surface area contributed by atoms with Crippen molar-refractivity contribution in [2.75, 3.05) is 36.6 Å². The molecule has 1 atom stereocenters. The second kappa shape index (κ2) is 7.88. The molecule has 1 aliphatic heterocycles. The zero-order valence-electron chi connectivity index (χ0n) is 14.9. The molecule has 0 radical (unpaired) electrons. The summed E-state index contributed by atoms with van der Waals surface area (Å²) in [7, 11) is 3.90. The number of para-hydroxylation sites is 2. The number of amides is 2. The van der Waals surface area contributed by atoms with Gasteiger partial charge in [0.15, 0.2) is 0 Å². The third-order valence-corrected chi connectivity index (χ3v) is 4.91. The molecule has 0 bridgehead atoms. The van der Waals surface area contributed by atoms with Crippen LogP contribution < -0.4 is 10.2 Å². The average molecular weight is 375 g/mol. The Balaban J connectivity index is 1.67. The number of benzene rings is 1. The summed E-state index contributed by atoms with van der Waals surface area (Å²) < 4.78 is 5.68. The number of anilines is 2. The van der Waals surface area contributed by atoms with Crippen LogP contribution >= 0.6 is 11.8 Å². The minimum Gasteiger partial charge on any atom is -0.414 e. The molecule has 8 nitrogen and oxygen atoms in total. The van der Waals surface area contributed by atoms with Gasteiger partial charge in [-0.15, -0.1) is 10.2 Å². The molecule has 3 rings (SSSR count). The number of nitrogens with zero attached hydrogens (tertiary/aromatic N) is 4. The van der Waals surface area contributed by atoms with E-state index in [0.717, 1.165) is 6.42 Å². The van der Waals surface area contributed by atoms with Gasteiger partial charge in [0.25, 0.3) is 5.22 Å². The molecule has 1 aromatic heterocycles. The van der Waals surface area contributed by atoms with E-state index in [4.69, 9.17) is 4.42 Å². The number of nitrogens with one attached hydrogen (secondary N) is 1. The lowest BCUT2D eigenvalue weighted by molar-refractivity contribution is -0.120. The summed E-state index contributed by atoms with van der Waals surface area (Å²) in [5.41, 5.74) is 1.33. The number of hydrogen-bond donors (Lipinski definition) is 1. The monoisotopic (exact) mass is 375 g/mol. The zero-order chi connectivity index (χ0) is 18.7. The van der Waals surface area contributed by atoms with Gasteiger partial charge < -0.3 is 14.6 Å². The van der Waals surface area contributed by atoms with Crippen molar-refractivity contribution >= 4 is 35.0 Å². The summed E-state index contributed by atoms with van der Waals surface area (Å²) in [5, 5.41) is 11.2. The van der Waals surface area contributed by atoms with Crippen molar-refractivity contribution < 1.29 is 14.0 Å². The predicted molar refractivity (Wildman–Crippen MR) is 99.2 cm³/mol. The van der Waals surface area contributed by atoms with Crippen molar-refractivity contribution in [3.8, 4) is 0 Å². The predicted octanol–water partition coefficient (Wildman–Crippen LogP) is 2.16. The second-order valence-electron chi connectivity index (χ2n) is 6.13. The lowest BCUT2D eigenvalue weighted by Gasteiger charge is -2.28. The summed E-state index contributed by atoms with van der Waals surface area (Å²) in [6, 6.07) is 7.28. The van der Waals surface area contributed by atoms with E-state index in [2.05, 4.69) is 15.5 Å². The van der Waals surface area contributed by atoms with E-state index in [1.807, 2.05) is 44.1 Å². The maximum Gasteiger partial charge on any atom is 0.277 e. The third kappa shape index (κ3) is 3.88. The molecular formula is C17H21N5O3S. The fourth-order valence-electron chi connectivity index (χ4n) is 2.83. The first kappa shape index (κ1) is 18.4. The van der Waals surface area contributed by atoms with Gasteiger partial charge in [0.05, 0.1) is 23.2 Å². The SMILES string of the molecule is CCC(c1nnc(SCC(=O)N2CC(=O)Nc3ccccc32)o1)N(C)C. The number of hydrogen-bond acceptors (Lipinski definition) is 7. The Bertz CT molecular complexity index is 807. The van der Waals surface area contributed by atoms with Crippen LogP contribution in [0.1, 0.15) is 25.3 Å². The topological polar surface area (TPSA) is 91.6 Å². The van der Waals surface area contributed by atoms with Crippen molar-refractivity contribution in [3.63, 3.8) is 0 Å². The first-order valence-electron chi connectivity index (χ1n) is 8.31. The van der Waals surface area contributed by atoms with Crippen LogP contribution in [-0.2, 0) is 9.59 Å². The van der Waals surface area contributed by atoms with E-state index in [0.29, 0.717) is 22.5 Å². The van der Waals surface area contributed by atoms with Crippen LogP contribution in [0.3, 0.4) is 0 Å². The normalized spacial score (nSPS) is 14.9. The summed E-state index contributed by atoms with van der Waals surface area (Å²) in [4.78, 5) is 27.9. The number of fused-ring (bicyclic) bond motifs is 1. The summed E-state index contributed by atoms with van der Waals surface area (Å²) in [6.45, 7) is 2.05. The van der Waals surface area contributed by atoms with Crippen LogP contribution in [0.25, 0.3) is 0 Å². The number of thioether (sulfide) groups is 1. The third-order valence-electron chi connectivity index (χ3n) is 4.11. The van der Waals surface area contributed by atoms with Crippen molar-refractivity contribution in [2.45, 2.75) is 24.6 Å². The largest absolute Gasteiger partial charge is 0.414 e. The van der Waals surface area contributed by atoms with E-state index in [-0.39, 0.29) is 30.2 Å². The highest BCUT2D eigenvalue weighted by atomic mass is 32.2. The van der Waals surface area contributed by atoms with E-state index < -0.39 is 0 Å². The maximum absolute atomic E-state index is 12.6. The molecule has 2 aromatic rings. The Labute approximate surface area is 155 Å². The minimum absolute atomic E-state index is 0.00400. The van der Waals surface area contributed by atoms with Gasteiger partial charge in [-0.05, 0) is 32.6 Å². The number of rotatable bonds is 6. The lowest BCUT2D eigenvalue weighted by Crippen LogP contribution is -2.43. The van der Waals surface area contributed by atoms with Crippen LogP contribution in [0.15, 0.2) is 33.9 Å². The Morgan fingerprint density at radius 1 is 1.38 bits per heavy atom. The van der Waals surface area contributed by atoms with Gasteiger partial charge in [-0.25, -0.2) is 0 Å². The fourth-order valence-corrected chi connectivity index (χ4v) is 3.48. The summed E-state index contributed by atoms with van der Waals surface area (Å²) in [6.07, 6.45) is 0.845. The first-order chi connectivity index (χ1) is 12.5. The van der Waals surface area contributed by atoms with Crippen LogP contribution in [-0.4, -0.2) is 53.3 Å². The molecule has 0 fully saturated rings. The van der Waals surface area contributed by atoms with Gasteiger partial charge in [-0.2, -0.15) is 0 Å². The smallest absolute Gasteiger partial charge is 0.277 e. The molecule has 0 spiro atoms. The molecule has 0 saturated carbocycles. The number of carbonyl (C=O) groups excluding carboxylic acids is 2. The highest BCUT2D eigenvalue weighted by Crippen LogP contribution is 2.30. The molecular weight excluding hydrogens is 354 g/mol. The van der Waals surface area contributed by atoms with E-state index in [9.17, 15) is 9.59 Å². The standard InChI is InChI=1S/C17H21N5O3S/c1-4-12(21(2)3)16-19-20-17(25-16)26-10-15(24)22-9-14(23)18-11-7-5-6-8-13(11)22/h5-8,12H,4,9-10H2,1-3H3,(H,18,23). The van der Waals surface area contributed by atoms with E-state index >= 15 is 0 Å². The molecule has 1 unspecified atom stereocenters. The molecule has 1 N–H and O–H groups in total. The highest BCUT2D eigenvalue weighted by Gasteiger charge is 2.27. The second-order valence-corrected chi connectivity index (χ2v) is 7.05. The Kier molecular flexibility index (Phi) is 5.58. The molecule has 0 aliphatic carbocycles. The molecule has 2 heterocycles.